The summed E-state index contributed by atoms with van der Waals surface area (Å²) in [5.41, 5.74) is -1.48. The van der Waals surface area contributed by atoms with E-state index in [4.69, 9.17) is 23.2 Å². The molecule has 3 rings (SSSR count). The van der Waals surface area contributed by atoms with Crippen LogP contribution in [0.4, 0.5) is 23.0 Å². The van der Waals surface area contributed by atoms with Gasteiger partial charge in [0, 0.05) is 22.2 Å². The molecule has 13 heteroatoms. The summed E-state index contributed by atoms with van der Waals surface area (Å²) in [5.74, 6) is -1.77. The van der Waals surface area contributed by atoms with Crippen molar-refractivity contribution in [3.05, 3.63) is 96.0 Å². The first-order valence-electron chi connectivity index (χ1n) is 8.63. The first-order valence-corrected chi connectivity index (χ1v) is 9.39. The Hall–Kier alpha value is -4.09. The van der Waals surface area contributed by atoms with Gasteiger partial charge in [-0.25, -0.2) is 4.98 Å². The molecule has 3 aromatic rings. The van der Waals surface area contributed by atoms with Crippen molar-refractivity contribution in [2.45, 2.75) is 0 Å². The molecule has 1 aromatic heterocycles. The Balaban J connectivity index is 1.83. The Morgan fingerprint density at radius 1 is 0.750 bits per heavy atom. The van der Waals surface area contributed by atoms with Crippen molar-refractivity contribution in [2.24, 2.45) is 0 Å². The standard InChI is InChI=1S/C19H11Cl2N5O6/c20-10-4-6-14(25(29)30)12(8-10)18(27)23-16-2-1-3-17(22-16)24-19(28)13-9-11(21)5-7-15(13)26(31)32/h1-9H,(H2,22,23,24,27,28). The molecule has 0 saturated carbocycles. The average molecular weight is 476 g/mol. The van der Waals surface area contributed by atoms with Crippen LogP contribution in [0.3, 0.4) is 0 Å². The van der Waals surface area contributed by atoms with Gasteiger partial charge in [0.25, 0.3) is 23.2 Å². The lowest BCUT2D eigenvalue weighted by Crippen LogP contribution is -2.17. The molecule has 0 atom stereocenters. The summed E-state index contributed by atoms with van der Waals surface area (Å²) in [6.07, 6.45) is 0. The lowest BCUT2D eigenvalue weighted by atomic mass is 10.1. The number of amides is 2. The van der Waals surface area contributed by atoms with Crippen LogP contribution in [-0.2, 0) is 0 Å². The monoisotopic (exact) mass is 475 g/mol. The van der Waals surface area contributed by atoms with Crippen LogP contribution in [0.5, 0.6) is 0 Å². The number of aromatic nitrogens is 1. The molecule has 0 spiro atoms. The normalized spacial score (nSPS) is 10.3. The first-order chi connectivity index (χ1) is 15.2. The fourth-order valence-corrected chi connectivity index (χ4v) is 2.98. The van der Waals surface area contributed by atoms with Gasteiger partial charge in [-0.15, -0.1) is 0 Å². The Kier molecular flexibility index (Phi) is 6.61. The van der Waals surface area contributed by atoms with E-state index in [1.807, 2.05) is 0 Å². The number of anilines is 2. The lowest BCUT2D eigenvalue weighted by Gasteiger charge is -2.09. The summed E-state index contributed by atoms with van der Waals surface area (Å²) in [5, 5.41) is 27.3. The van der Waals surface area contributed by atoms with E-state index in [1.54, 1.807) is 0 Å². The number of nitrogens with zero attached hydrogens (tertiary/aromatic N) is 3. The highest BCUT2D eigenvalue weighted by Gasteiger charge is 2.22. The number of carbonyl (C=O) groups excluding carboxylic acids is 2. The minimum Gasteiger partial charge on any atom is -0.306 e. The maximum Gasteiger partial charge on any atom is 0.282 e. The third kappa shape index (κ3) is 5.14. The van der Waals surface area contributed by atoms with Gasteiger partial charge in [-0.2, -0.15) is 0 Å². The molecule has 162 valence electrons. The topological polar surface area (TPSA) is 157 Å². The molecular formula is C19H11Cl2N5O6. The van der Waals surface area contributed by atoms with Crippen LogP contribution in [0.1, 0.15) is 20.7 Å². The van der Waals surface area contributed by atoms with Crippen LogP contribution in [-0.4, -0.2) is 26.6 Å². The van der Waals surface area contributed by atoms with E-state index in [-0.39, 0.29) is 32.8 Å². The zero-order valence-electron chi connectivity index (χ0n) is 15.7. The van der Waals surface area contributed by atoms with Gasteiger partial charge in [0.1, 0.15) is 22.8 Å². The van der Waals surface area contributed by atoms with E-state index in [1.165, 1.54) is 30.3 Å². The number of carbonyl (C=O) groups is 2. The SMILES string of the molecule is O=C(Nc1cccc(NC(=O)c2cc(Cl)ccc2[N+](=O)[O-])n1)c1cc(Cl)ccc1[N+](=O)[O-]. The molecular weight excluding hydrogens is 465 g/mol. The van der Waals surface area contributed by atoms with E-state index in [0.717, 1.165) is 24.3 Å². The molecule has 0 saturated heterocycles. The van der Waals surface area contributed by atoms with Crippen molar-refractivity contribution in [1.29, 1.82) is 0 Å². The van der Waals surface area contributed by atoms with E-state index < -0.39 is 33.0 Å². The highest BCUT2D eigenvalue weighted by Crippen LogP contribution is 2.25. The molecule has 0 bridgehead atoms. The van der Waals surface area contributed by atoms with Crippen molar-refractivity contribution in [2.75, 3.05) is 10.6 Å². The van der Waals surface area contributed by atoms with Crippen molar-refractivity contribution >= 4 is 58.0 Å². The first kappa shape index (κ1) is 22.6. The van der Waals surface area contributed by atoms with Crippen LogP contribution in [0.15, 0.2) is 54.6 Å². The quantitative estimate of drug-likeness (QED) is 0.385. The summed E-state index contributed by atoms with van der Waals surface area (Å²) in [6, 6.07) is 11.2. The van der Waals surface area contributed by atoms with E-state index in [9.17, 15) is 29.8 Å². The van der Waals surface area contributed by atoms with Gasteiger partial charge in [0.2, 0.25) is 0 Å². The predicted molar refractivity (Wildman–Crippen MR) is 116 cm³/mol. The number of nitro groups is 2. The number of nitrogens with one attached hydrogen (secondary N) is 2. The number of pyridine rings is 1. The van der Waals surface area contributed by atoms with Crippen LogP contribution in [0, 0.1) is 20.2 Å². The number of hydrogen-bond donors (Lipinski definition) is 2. The van der Waals surface area contributed by atoms with Crippen molar-refractivity contribution < 1.29 is 19.4 Å². The fourth-order valence-electron chi connectivity index (χ4n) is 2.64. The summed E-state index contributed by atoms with van der Waals surface area (Å²) >= 11 is 11.7. The van der Waals surface area contributed by atoms with Gasteiger partial charge in [-0.3, -0.25) is 29.8 Å². The summed E-state index contributed by atoms with van der Waals surface area (Å²) < 4.78 is 0. The third-order valence-electron chi connectivity index (χ3n) is 4.03. The van der Waals surface area contributed by atoms with Crippen LogP contribution in [0.2, 0.25) is 10.0 Å². The van der Waals surface area contributed by atoms with Crippen molar-refractivity contribution in [3.63, 3.8) is 0 Å². The van der Waals surface area contributed by atoms with Gasteiger partial charge < -0.3 is 10.6 Å². The maximum atomic E-state index is 12.5. The molecule has 0 aliphatic heterocycles. The molecule has 2 amide bonds. The van der Waals surface area contributed by atoms with E-state index in [0.29, 0.717) is 0 Å². The number of benzene rings is 2. The van der Waals surface area contributed by atoms with E-state index >= 15 is 0 Å². The van der Waals surface area contributed by atoms with Crippen LogP contribution < -0.4 is 10.6 Å². The average Bonchev–Trinajstić information content (AvgIpc) is 2.73. The highest BCUT2D eigenvalue weighted by atomic mass is 35.5. The predicted octanol–water partition coefficient (Wildman–Crippen LogP) is 4.71. The highest BCUT2D eigenvalue weighted by molar-refractivity contribution is 6.31. The van der Waals surface area contributed by atoms with Crippen molar-refractivity contribution in [3.8, 4) is 0 Å². The van der Waals surface area contributed by atoms with E-state index in [2.05, 4.69) is 15.6 Å². The Morgan fingerprint density at radius 3 is 1.53 bits per heavy atom. The molecule has 1 heterocycles. The van der Waals surface area contributed by atoms with Gasteiger partial charge in [-0.1, -0.05) is 29.3 Å². The smallest absolute Gasteiger partial charge is 0.282 e. The second-order valence-corrected chi connectivity index (χ2v) is 7.03. The Labute approximate surface area is 189 Å². The Bertz CT molecular complexity index is 1170. The molecule has 0 aliphatic carbocycles. The Morgan fingerprint density at radius 2 is 1.16 bits per heavy atom. The van der Waals surface area contributed by atoms with Crippen molar-refractivity contribution in [1.82, 2.24) is 4.98 Å². The second kappa shape index (κ2) is 9.37. The number of nitro benzene ring substituents is 2. The molecule has 0 unspecified atom stereocenters. The van der Waals surface area contributed by atoms with Gasteiger partial charge in [0.05, 0.1) is 9.85 Å². The molecule has 2 aromatic carbocycles. The summed E-state index contributed by atoms with van der Waals surface area (Å²) in [6.45, 7) is 0. The molecule has 2 N–H and O–H groups in total. The minimum atomic E-state index is -0.847. The van der Waals surface area contributed by atoms with Gasteiger partial charge in [0.15, 0.2) is 0 Å². The number of hydrogen-bond acceptors (Lipinski definition) is 7. The van der Waals surface area contributed by atoms with Crippen LogP contribution >= 0.6 is 23.2 Å². The third-order valence-corrected chi connectivity index (χ3v) is 4.50. The fraction of sp³-hybridized carbons (Fsp3) is 0. The summed E-state index contributed by atoms with van der Waals surface area (Å²) in [7, 11) is 0. The second-order valence-electron chi connectivity index (χ2n) is 6.15. The maximum absolute atomic E-state index is 12.5. The largest absolute Gasteiger partial charge is 0.306 e. The zero-order valence-corrected chi connectivity index (χ0v) is 17.3. The number of rotatable bonds is 6. The molecule has 11 nitrogen and oxygen atoms in total. The van der Waals surface area contributed by atoms with Crippen LogP contribution in [0.25, 0.3) is 0 Å². The molecule has 0 aliphatic rings. The number of halogens is 2. The minimum absolute atomic E-state index is 0.0392. The molecule has 0 radical (unpaired) electrons. The summed E-state index contributed by atoms with van der Waals surface area (Å²) in [4.78, 5) is 49.9. The van der Waals surface area contributed by atoms with Gasteiger partial charge >= 0.3 is 0 Å². The zero-order chi connectivity index (χ0) is 23.4. The van der Waals surface area contributed by atoms with Gasteiger partial charge in [-0.05, 0) is 36.4 Å². The molecule has 32 heavy (non-hydrogen) atoms. The lowest BCUT2D eigenvalue weighted by molar-refractivity contribution is -0.385. The molecule has 0 fully saturated rings.